The quantitative estimate of drug-likeness (QED) is 0.0611. The Hall–Kier alpha value is -5.56. The Bertz CT molecular complexity index is 1820. The lowest BCUT2D eigenvalue weighted by Gasteiger charge is -2.25. The molecule has 0 aliphatic rings. The average molecular weight is 737 g/mol. The third kappa shape index (κ3) is 12.8. The second-order valence-corrected chi connectivity index (χ2v) is 13.4. The molecule has 0 aliphatic heterocycles. The fourth-order valence-electron chi connectivity index (χ4n) is 6.28. The maximum atomic E-state index is 6.68. The highest BCUT2D eigenvalue weighted by Gasteiger charge is 2.24. The van der Waals surface area contributed by atoms with E-state index in [1.807, 2.05) is 97.1 Å². The number of hydrogen-bond acceptors (Lipinski definition) is 6. The third-order valence-electron chi connectivity index (χ3n) is 9.17. The minimum Gasteiger partial charge on any atom is -0.489 e. The van der Waals surface area contributed by atoms with Gasteiger partial charge in [0.05, 0.1) is 0 Å². The Morgan fingerprint density at radius 3 is 1.18 bits per heavy atom. The van der Waals surface area contributed by atoms with Gasteiger partial charge in [0.15, 0.2) is 0 Å². The first-order chi connectivity index (χ1) is 27.2. The van der Waals surface area contributed by atoms with Crippen LogP contribution in [-0.4, -0.2) is 26.4 Å². The number of ether oxygens (including phenoxy) is 6. The van der Waals surface area contributed by atoms with Crippen LogP contribution in [0.5, 0.6) is 23.0 Å². The summed E-state index contributed by atoms with van der Waals surface area (Å²) < 4.78 is 37.9. The van der Waals surface area contributed by atoms with E-state index in [0.717, 1.165) is 75.8 Å². The van der Waals surface area contributed by atoms with Gasteiger partial charge in [-0.05, 0) is 53.6 Å². The molecule has 0 N–H and O–H groups in total. The van der Waals surface area contributed by atoms with Crippen LogP contribution in [0.3, 0.4) is 0 Å². The molecule has 55 heavy (non-hydrogen) atoms. The van der Waals surface area contributed by atoms with Crippen molar-refractivity contribution in [2.75, 3.05) is 26.4 Å². The molecule has 6 nitrogen and oxygen atoms in total. The molecule has 0 saturated carbocycles. The molecule has 0 radical (unpaired) electrons. The normalized spacial score (nSPS) is 11.0. The first kappa shape index (κ1) is 39.1. The summed E-state index contributed by atoms with van der Waals surface area (Å²) in [5, 5.41) is 0. The molecule has 6 aromatic carbocycles. The van der Waals surface area contributed by atoms with Crippen molar-refractivity contribution in [1.82, 2.24) is 0 Å². The second kappa shape index (κ2) is 22.0. The Morgan fingerprint density at radius 2 is 0.782 bits per heavy atom. The first-order valence-corrected chi connectivity index (χ1v) is 19.4. The molecule has 0 aliphatic carbocycles. The SMILES string of the molecule is CCCOCCCOCCC(c1ccc(OCc2ccccc2)cc1OCc1ccccc1)c1ccc(OCc2ccccc2)cc1OCc1ccccc1. The first-order valence-electron chi connectivity index (χ1n) is 19.4. The van der Waals surface area contributed by atoms with Gasteiger partial charge in [-0.2, -0.15) is 0 Å². The highest BCUT2D eigenvalue weighted by Crippen LogP contribution is 2.42. The molecule has 0 heterocycles. The fraction of sp³-hybridized carbons (Fsp3) is 0.265. The number of benzene rings is 6. The zero-order chi connectivity index (χ0) is 37.8. The van der Waals surface area contributed by atoms with Crippen LogP contribution in [0.25, 0.3) is 0 Å². The minimum atomic E-state index is -0.126. The van der Waals surface area contributed by atoms with Gasteiger partial charge in [0.2, 0.25) is 0 Å². The van der Waals surface area contributed by atoms with E-state index in [0.29, 0.717) is 52.7 Å². The predicted molar refractivity (Wildman–Crippen MR) is 219 cm³/mol. The average Bonchev–Trinajstić information content (AvgIpc) is 3.25. The van der Waals surface area contributed by atoms with E-state index in [2.05, 4.69) is 67.6 Å². The minimum absolute atomic E-state index is 0.126. The molecule has 0 bridgehead atoms. The van der Waals surface area contributed by atoms with E-state index in [1.165, 1.54) is 0 Å². The van der Waals surface area contributed by atoms with Crippen LogP contribution in [0.4, 0.5) is 0 Å². The number of hydrogen-bond donors (Lipinski definition) is 0. The Kier molecular flexibility index (Phi) is 15.6. The largest absolute Gasteiger partial charge is 0.489 e. The van der Waals surface area contributed by atoms with Crippen LogP contribution in [-0.2, 0) is 35.9 Å². The Labute approximate surface area is 326 Å². The van der Waals surface area contributed by atoms with Gasteiger partial charge in [0, 0.05) is 55.6 Å². The maximum Gasteiger partial charge on any atom is 0.127 e. The Balaban J connectivity index is 1.33. The molecule has 0 aromatic heterocycles. The van der Waals surface area contributed by atoms with Crippen molar-refractivity contribution >= 4 is 0 Å². The molecule has 6 aromatic rings. The van der Waals surface area contributed by atoms with Crippen molar-refractivity contribution in [3.63, 3.8) is 0 Å². The van der Waals surface area contributed by atoms with E-state index in [1.54, 1.807) is 0 Å². The molecular weight excluding hydrogens is 685 g/mol. The lowest BCUT2D eigenvalue weighted by molar-refractivity contribution is 0.0808. The molecule has 0 saturated heterocycles. The summed E-state index contributed by atoms with van der Waals surface area (Å²) in [7, 11) is 0. The zero-order valence-corrected chi connectivity index (χ0v) is 31.8. The predicted octanol–water partition coefficient (Wildman–Crippen LogP) is 11.4. The van der Waals surface area contributed by atoms with E-state index in [4.69, 9.17) is 28.4 Å². The summed E-state index contributed by atoms with van der Waals surface area (Å²) in [6.07, 6.45) is 2.56. The van der Waals surface area contributed by atoms with Crippen LogP contribution in [0.1, 0.15) is 65.5 Å². The van der Waals surface area contributed by atoms with Gasteiger partial charge >= 0.3 is 0 Å². The van der Waals surface area contributed by atoms with Crippen LogP contribution in [0, 0.1) is 0 Å². The number of rotatable bonds is 23. The third-order valence-corrected chi connectivity index (χ3v) is 9.17. The molecule has 0 spiro atoms. The zero-order valence-electron chi connectivity index (χ0n) is 31.8. The lowest BCUT2D eigenvalue weighted by atomic mass is 9.87. The van der Waals surface area contributed by atoms with Crippen molar-refractivity contribution in [2.24, 2.45) is 0 Å². The second-order valence-electron chi connectivity index (χ2n) is 13.4. The highest BCUT2D eigenvalue weighted by molar-refractivity contribution is 5.52. The fourth-order valence-corrected chi connectivity index (χ4v) is 6.28. The molecule has 0 atom stereocenters. The summed E-state index contributed by atoms with van der Waals surface area (Å²) in [6, 6.07) is 53.2. The van der Waals surface area contributed by atoms with Gasteiger partial charge in [-0.25, -0.2) is 0 Å². The summed E-state index contributed by atoms with van der Waals surface area (Å²) in [5.41, 5.74) is 6.43. The van der Waals surface area contributed by atoms with Crippen molar-refractivity contribution in [3.05, 3.63) is 191 Å². The van der Waals surface area contributed by atoms with Crippen molar-refractivity contribution in [1.29, 1.82) is 0 Å². The molecule has 0 amide bonds. The molecule has 6 heteroatoms. The van der Waals surface area contributed by atoms with E-state index in [9.17, 15) is 0 Å². The standard InChI is InChI=1S/C49H52O6/c1-2-29-50-30-15-31-51-32-28-45(46-26-24-43(52-35-39-16-7-3-8-17-39)33-48(46)54-37-41-20-11-5-12-21-41)47-27-25-44(53-36-40-18-9-4-10-19-40)34-49(47)55-38-42-22-13-6-14-23-42/h3-14,16-27,33-34,45H,2,15,28-32,35-38H2,1H3. The van der Waals surface area contributed by atoms with Gasteiger partial charge in [0.1, 0.15) is 49.4 Å². The molecule has 0 unspecified atom stereocenters. The summed E-state index contributed by atoms with van der Waals surface area (Å²) >= 11 is 0. The van der Waals surface area contributed by atoms with Gasteiger partial charge in [-0.3, -0.25) is 0 Å². The summed E-state index contributed by atoms with van der Waals surface area (Å²) in [4.78, 5) is 0. The van der Waals surface area contributed by atoms with Crippen LogP contribution in [0.2, 0.25) is 0 Å². The van der Waals surface area contributed by atoms with Gasteiger partial charge in [-0.15, -0.1) is 0 Å². The Morgan fingerprint density at radius 1 is 0.400 bits per heavy atom. The van der Waals surface area contributed by atoms with Crippen molar-refractivity contribution in [2.45, 2.75) is 58.5 Å². The summed E-state index contributed by atoms with van der Waals surface area (Å²) in [6.45, 7) is 6.52. The molecule has 0 fully saturated rings. The van der Waals surface area contributed by atoms with E-state index >= 15 is 0 Å². The molecule has 284 valence electrons. The van der Waals surface area contributed by atoms with Gasteiger partial charge in [0.25, 0.3) is 0 Å². The van der Waals surface area contributed by atoms with Gasteiger partial charge < -0.3 is 28.4 Å². The van der Waals surface area contributed by atoms with Crippen LogP contribution < -0.4 is 18.9 Å². The monoisotopic (exact) mass is 736 g/mol. The lowest BCUT2D eigenvalue weighted by Crippen LogP contribution is -2.12. The van der Waals surface area contributed by atoms with Crippen LogP contribution >= 0.6 is 0 Å². The van der Waals surface area contributed by atoms with Crippen molar-refractivity contribution in [3.8, 4) is 23.0 Å². The summed E-state index contributed by atoms with van der Waals surface area (Å²) in [5.74, 6) is 2.86. The molecule has 6 rings (SSSR count). The molecular formula is C49H52O6. The van der Waals surface area contributed by atoms with E-state index < -0.39 is 0 Å². The topological polar surface area (TPSA) is 55.4 Å². The van der Waals surface area contributed by atoms with E-state index in [-0.39, 0.29) is 5.92 Å². The van der Waals surface area contributed by atoms with Crippen LogP contribution in [0.15, 0.2) is 158 Å². The smallest absolute Gasteiger partial charge is 0.127 e. The van der Waals surface area contributed by atoms with Gasteiger partial charge in [-0.1, -0.05) is 140 Å². The highest BCUT2D eigenvalue weighted by atomic mass is 16.5. The van der Waals surface area contributed by atoms with Crippen molar-refractivity contribution < 1.29 is 28.4 Å². The maximum absolute atomic E-state index is 6.68.